The smallest absolute Gasteiger partial charge is 0.349 e. The first-order valence-corrected chi connectivity index (χ1v) is 8.27. The van der Waals surface area contributed by atoms with Crippen LogP contribution in [-0.2, 0) is 14.3 Å². The van der Waals surface area contributed by atoms with Crippen LogP contribution in [0.5, 0.6) is 5.75 Å². The van der Waals surface area contributed by atoms with Crippen molar-refractivity contribution in [2.45, 2.75) is 20.0 Å². The number of amides is 1. The van der Waals surface area contributed by atoms with Crippen LogP contribution in [0.3, 0.4) is 0 Å². The number of carbonyl (C=O) groups is 2. The number of anilines is 1. The number of benzene rings is 2. The van der Waals surface area contributed by atoms with Gasteiger partial charge in [-0.05, 0) is 55.3 Å². The number of nitrogens with one attached hydrogen (secondary N) is 1. The standard InChI is InChI=1S/C21H20N2O4/c1-14-5-4-6-18(11-14)23-20(24)15(2)27-21(25)17(13-22)12-16-7-9-19(26-3)10-8-16/h4-12,15H,1-3H3,(H,23,24)/b17-12+. The molecule has 6 nitrogen and oxygen atoms in total. The van der Waals surface area contributed by atoms with Gasteiger partial charge in [0.25, 0.3) is 5.91 Å². The SMILES string of the molecule is COc1ccc(/C=C(\C#N)C(=O)OC(C)C(=O)Nc2cccc(C)c2)cc1. The number of aryl methyl sites for hydroxylation is 1. The van der Waals surface area contributed by atoms with Crippen LogP contribution < -0.4 is 10.1 Å². The Balaban J connectivity index is 2.03. The molecule has 0 aliphatic rings. The van der Waals surface area contributed by atoms with E-state index in [0.717, 1.165) is 5.56 Å². The zero-order valence-electron chi connectivity index (χ0n) is 15.4. The van der Waals surface area contributed by atoms with Crippen LogP contribution in [0.4, 0.5) is 5.69 Å². The van der Waals surface area contributed by atoms with Crippen molar-refractivity contribution in [3.63, 3.8) is 0 Å². The fourth-order valence-corrected chi connectivity index (χ4v) is 2.25. The molecular weight excluding hydrogens is 344 g/mol. The van der Waals surface area contributed by atoms with Crippen LogP contribution in [0.25, 0.3) is 6.08 Å². The van der Waals surface area contributed by atoms with Crippen molar-refractivity contribution in [1.82, 2.24) is 0 Å². The molecule has 2 aromatic rings. The van der Waals surface area contributed by atoms with Gasteiger partial charge in [0.2, 0.25) is 0 Å². The molecule has 0 aromatic heterocycles. The minimum atomic E-state index is -1.05. The Labute approximate surface area is 158 Å². The van der Waals surface area contributed by atoms with E-state index in [4.69, 9.17) is 9.47 Å². The van der Waals surface area contributed by atoms with Gasteiger partial charge in [0, 0.05) is 5.69 Å². The van der Waals surface area contributed by atoms with Gasteiger partial charge in [0.1, 0.15) is 17.4 Å². The Morgan fingerprint density at radius 2 is 1.89 bits per heavy atom. The van der Waals surface area contributed by atoms with Crippen LogP contribution >= 0.6 is 0 Å². The number of hydrogen-bond donors (Lipinski definition) is 1. The maximum atomic E-state index is 12.2. The van der Waals surface area contributed by atoms with Gasteiger partial charge in [0.15, 0.2) is 6.10 Å². The van der Waals surface area contributed by atoms with Gasteiger partial charge < -0.3 is 14.8 Å². The Hall–Kier alpha value is -3.59. The van der Waals surface area contributed by atoms with Gasteiger partial charge in [-0.2, -0.15) is 5.26 Å². The Morgan fingerprint density at radius 3 is 2.48 bits per heavy atom. The van der Waals surface area contributed by atoms with Gasteiger partial charge in [-0.3, -0.25) is 4.79 Å². The lowest BCUT2D eigenvalue weighted by Crippen LogP contribution is -2.30. The number of nitriles is 1. The lowest BCUT2D eigenvalue weighted by atomic mass is 10.1. The van der Waals surface area contributed by atoms with Gasteiger partial charge in [-0.1, -0.05) is 24.3 Å². The molecular formula is C21H20N2O4. The van der Waals surface area contributed by atoms with Crippen molar-refractivity contribution < 1.29 is 19.1 Å². The molecule has 0 saturated carbocycles. The molecule has 0 aliphatic carbocycles. The largest absolute Gasteiger partial charge is 0.497 e. The number of carbonyl (C=O) groups excluding carboxylic acids is 2. The average molecular weight is 364 g/mol. The minimum Gasteiger partial charge on any atom is -0.497 e. The van der Waals surface area contributed by atoms with Gasteiger partial charge in [-0.25, -0.2) is 4.79 Å². The summed E-state index contributed by atoms with van der Waals surface area (Å²) in [5.74, 6) is -0.675. The lowest BCUT2D eigenvalue weighted by molar-refractivity contribution is -0.148. The summed E-state index contributed by atoms with van der Waals surface area (Å²) in [6, 6.07) is 15.9. The molecule has 0 spiro atoms. The van der Waals surface area contributed by atoms with Gasteiger partial charge in [-0.15, -0.1) is 0 Å². The first kappa shape index (κ1) is 19.7. The first-order chi connectivity index (χ1) is 12.9. The highest BCUT2D eigenvalue weighted by Crippen LogP contribution is 2.15. The van der Waals surface area contributed by atoms with E-state index in [9.17, 15) is 14.9 Å². The molecule has 2 rings (SSSR count). The van der Waals surface area contributed by atoms with Gasteiger partial charge in [0.05, 0.1) is 7.11 Å². The van der Waals surface area contributed by atoms with E-state index in [-0.39, 0.29) is 5.57 Å². The van der Waals surface area contributed by atoms with E-state index in [1.807, 2.05) is 19.1 Å². The molecule has 0 aliphatic heterocycles. The van der Waals surface area contributed by atoms with Crippen LogP contribution in [0.2, 0.25) is 0 Å². The van der Waals surface area contributed by atoms with Crippen molar-refractivity contribution in [2.75, 3.05) is 12.4 Å². The van der Waals surface area contributed by atoms with E-state index < -0.39 is 18.0 Å². The third-order valence-electron chi connectivity index (χ3n) is 3.71. The molecule has 1 unspecified atom stereocenters. The van der Waals surface area contributed by atoms with E-state index in [0.29, 0.717) is 17.0 Å². The second-order valence-electron chi connectivity index (χ2n) is 5.85. The van der Waals surface area contributed by atoms with Gasteiger partial charge >= 0.3 is 5.97 Å². The molecule has 138 valence electrons. The number of nitrogens with zero attached hydrogens (tertiary/aromatic N) is 1. The molecule has 27 heavy (non-hydrogen) atoms. The van der Waals surface area contributed by atoms with E-state index in [1.165, 1.54) is 13.0 Å². The monoisotopic (exact) mass is 364 g/mol. The molecule has 1 atom stereocenters. The Bertz CT molecular complexity index is 895. The third-order valence-corrected chi connectivity index (χ3v) is 3.71. The summed E-state index contributed by atoms with van der Waals surface area (Å²) >= 11 is 0. The van der Waals surface area contributed by atoms with Crippen LogP contribution in [0, 0.1) is 18.3 Å². The predicted octanol–water partition coefficient (Wildman–Crippen LogP) is 3.48. The first-order valence-electron chi connectivity index (χ1n) is 8.27. The van der Waals surface area contributed by atoms with Crippen molar-refractivity contribution in [3.05, 3.63) is 65.2 Å². The second kappa shape index (κ2) is 9.20. The molecule has 0 fully saturated rings. The summed E-state index contributed by atoms with van der Waals surface area (Å²) < 4.78 is 10.2. The molecule has 0 bridgehead atoms. The highest BCUT2D eigenvalue weighted by Gasteiger charge is 2.20. The van der Waals surface area contributed by atoms with Crippen molar-refractivity contribution in [3.8, 4) is 11.8 Å². The highest BCUT2D eigenvalue weighted by molar-refractivity contribution is 6.01. The fourth-order valence-electron chi connectivity index (χ4n) is 2.25. The molecule has 6 heteroatoms. The molecule has 1 amide bonds. The van der Waals surface area contributed by atoms with Crippen LogP contribution in [0.15, 0.2) is 54.1 Å². The summed E-state index contributed by atoms with van der Waals surface area (Å²) in [4.78, 5) is 24.4. The second-order valence-corrected chi connectivity index (χ2v) is 5.85. The zero-order chi connectivity index (χ0) is 19.8. The van der Waals surface area contributed by atoms with Crippen LogP contribution in [-0.4, -0.2) is 25.1 Å². The number of methoxy groups -OCH3 is 1. The molecule has 0 heterocycles. The van der Waals surface area contributed by atoms with E-state index in [2.05, 4.69) is 5.32 Å². The van der Waals surface area contributed by atoms with Crippen molar-refractivity contribution >= 4 is 23.6 Å². The number of ether oxygens (including phenoxy) is 2. The number of esters is 1. The summed E-state index contributed by atoms with van der Waals surface area (Å²) in [5, 5.41) is 11.9. The maximum Gasteiger partial charge on any atom is 0.349 e. The summed E-state index contributed by atoms with van der Waals surface area (Å²) in [6.45, 7) is 3.35. The minimum absolute atomic E-state index is 0.199. The third kappa shape index (κ3) is 5.72. The van der Waals surface area contributed by atoms with E-state index >= 15 is 0 Å². The number of hydrogen-bond acceptors (Lipinski definition) is 5. The van der Waals surface area contributed by atoms with Crippen molar-refractivity contribution in [2.24, 2.45) is 0 Å². The quantitative estimate of drug-likeness (QED) is 0.482. The summed E-state index contributed by atoms with van der Waals surface area (Å²) in [5.41, 5.74) is 2.04. The maximum absolute atomic E-state index is 12.2. The summed E-state index contributed by atoms with van der Waals surface area (Å²) in [6.07, 6.45) is 0.345. The van der Waals surface area contributed by atoms with Crippen LogP contribution in [0.1, 0.15) is 18.1 Å². The average Bonchev–Trinajstić information content (AvgIpc) is 2.66. The Morgan fingerprint density at radius 1 is 1.19 bits per heavy atom. The molecule has 0 radical (unpaired) electrons. The van der Waals surface area contributed by atoms with E-state index in [1.54, 1.807) is 49.6 Å². The predicted molar refractivity (Wildman–Crippen MR) is 102 cm³/mol. The summed E-state index contributed by atoms with van der Waals surface area (Å²) in [7, 11) is 1.55. The molecule has 2 aromatic carbocycles. The topological polar surface area (TPSA) is 88.4 Å². The fraction of sp³-hybridized carbons (Fsp3) is 0.190. The normalized spacial score (nSPS) is 11.9. The molecule has 0 saturated heterocycles. The highest BCUT2D eigenvalue weighted by atomic mass is 16.5. The lowest BCUT2D eigenvalue weighted by Gasteiger charge is -2.13. The molecule has 1 N–H and O–H groups in total. The zero-order valence-corrected chi connectivity index (χ0v) is 15.4. The Kier molecular flexibility index (Phi) is 6.73. The number of rotatable bonds is 6. The van der Waals surface area contributed by atoms with Crippen molar-refractivity contribution in [1.29, 1.82) is 5.26 Å².